The van der Waals surface area contributed by atoms with Gasteiger partial charge in [-0.05, 0) is 48.8 Å². The predicted octanol–water partition coefficient (Wildman–Crippen LogP) is 3.88. The lowest BCUT2D eigenvalue weighted by molar-refractivity contribution is 0.135. The van der Waals surface area contributed by atoms with Crippen molar-refractivity contribution >= 4 is 27.3 Å². The van der Waals surface area contributed by atoms with Crippen LogP contribution in [0.5, 0.6) is 0 Å². The summed E-state index contributed by atoms with van der Waals surface area (Å²) >= 11 is 5.29. The number of nitrogens with zero attached hydrogens (tertiary/aromatic N) is 1. The first-order valence-corrected chi connectivity index (χ1v) is 7.73. The van der Waals surface area contributed by atoms with Crippen molar-refractivity contribution in [3.8, 4) is 0 Å². The molecule has 1 heterocycles. The highest BCUT2D eigenvalue weighted by atomic mass is 79.9. The van der Waals surface area contributed by atoms with Crippen molar-refractivity contribution in [3.05, 3.63) is 20.8 Å². The lowest BCUT2D eigenvalue weighted by Crippen LogP contribution is -2.43. The van der Waals surface area contributed by atoms with E-state index in [4.69, 9.17) is 5.73 Å². The van der Waals surface area contributed by atoms with Crippen LogP contribution in [0, 0.1) is 5.92 Å². The second-order valence-corrected chi connectivity index (χ2v) is 6.98. The van der Waals surface area contributed by atoms with Crippen LogP contribution in [0.3, 0.4) is 0 Å². The van der Waals surface area contributed by atoms with Crippen molar-refractivity contribution in [2.75, 3.05) is 7.05 Å². The van der Waals surface area contributed by atoms with Crippen molar-refractivity contribution in [3.63, 3.8) is 0 Å². The molecule has 1 aromatic heterocycles. The number of halogens is 1. The van der Waals surface area contributed by atoms with Gasteiger partial charge in [0.05, 0.1) is 6.04 Å². The van der Waals surface area contributed by atoms with E-state index in [0.717, 1.165) is 4.47 Å². The van der Waals surface area contributed by atoms with Crippen molar-refractivity contribution in [1.82, 2.24) is 4.90 Å². The molecule has 0 fully saturated rings. The molecule has 0 spiro atoms. The third-order valence-electron chi connectivity index (χ3n) is 3.42. The first-order valence-electron chi connectivity index (χ1n) is 6.06. The van der Waals surface area contributed by atoms with E-state index < -0.39 is 0 Å². The summed E-state index contributed by atoms with van der Waals surface area (Å²) in [4.78, 5) is 3.73. The van der Waals surface area contributed by atoms with Crippen molar-refractivity contribution < 1.29 is 0 Å². The van der Waals surface area contributed by atoms with Crippen molar-refractivity contribution in [1.29, 1.82) is 0 Å². The summed E-state index contributed by atoms with van der Waals surface area (Å²) < 4.78 is 1.15. The minimum Gasteiger partial charge on any atom is -0.326 e. The fraction of sp³-hybridized carbons (Fsp3) is 0.692. The maximum Gasteiger partial charge on any atom is 0.0591 e. The van der Waals surface area contributed by atoms with Gasteiger partial charge in [0.2, 0.25) is 0 Å². The number of hydrogen-bond acceptors (Lipinski definition) is 3. The molecule has 1 aromatic rings. The van der Waals surface area contributed by atoms with Crippen molar-refractivity contribution in [2.24, 2.45) is 11.7 Å². The van der Waals surface area contributed by atoms with E-state index >= 15 is 0 Å². The lowest BCUT2D eigenvalue weighted by Gasteiger charge is -2.37. The first-order chi connectivity index (χ1) is 7.84. The molecule has 0 aliphatic carbocycles. The number of likely N-dealkylation sites (N-methyl/N-ethyl adjacent to an activating group) is 1. The van der Waals surface area contributed by atoms with Gasteiger partial charge in [-0.2, -0.15) is 0 Å². The Balaban J connectivity index is 2.94. The number of thiophene rings is 1. The van der Waals surface area contributed by atoms with Gasteiger partial charge in [0.15, 0.2) is 0 Å². The van der Waals surface area contributed by atoms with Crippen molar-refractivity contribution in [2.45, 2.75) is 45.8 Å². The number of rotatable bonds is 5. The molecule has 0 aliphatic heterocycles. The summed E-state index contributed by atoms with van der Waals surface area (Å²) in [6, 6.07) is 3.13. The highest BCUT2D eigenvalue weighted by Gasteiger charge is 2.27. The Labute approximate surface area is 117 Å². The molecule has 17 heavy (non-hydrogen) atoms. The molecule has 3 unspecified atom stereocenters. The van der Waals surface area contributed by atoms with E-state index in [-0.39, 0.29) is 6.04 Å². The molecule has 0 saturated heterocycles. The molecule has 0 radical (unpaired) electrons. The monoisotopic (exact) mass is 318 g/mol. The van der Waals surface area contributed by atoms with E-state index in [0.29, 0.717) is 18.0 Å². The SMILES string of the molecule is CC(C)C(C)N(C)C(c1cc(Br)cs1)C(C)N. The van der Waals surface area contributed by atoms with E-state index in [9.17, 15) is 0 Å². The second kappa shape index (κ2) is 6.32. The Morgan fingerprint density at radius 1 is 1.29 bits per heavy atom. The summed E-state index contributed by atoms with van der Waals surface area (Å²) in [5, 5.41) is 2.12. The first kappa shape index (κ1) is 15.2. The smallest absolute Gasteiger partial charge is 0.0591 e. The highest BCUT2D eigenvalue weighted by molar-refractivity contribution is 9.10. The molecule has 0 aromatic carbocycles. The third kappa shape index (κ3) is 3.78. The van der Waals surface area contributed by atoms with Gasteiger partial charge in [-0.1, -0.05) is 13.8 Å². The average Bonchev–Trinajstić information content (AvgIpc) is 2.62. The zero-order valence-electron chi connectivity index (χ0n) is 11.3. The fourth-order valence-corrected chi connectivity index (χ4v) is 3.75. The lowest BCUT2D eigenvalue weighted by atomic mass is 10.00. The van der Waals surface area contributed by atoms with Crippen LogP contribution in [0.25, 0.3) is 0 Å². The largest absolute Gasteiger partial charge is 0.326 e. The molecular formula is C13H23BrN2S. The number of hydrogen-bond donors (Lipinski definition) is 1. The number of nitrogens with two attached hydrogens (primary N) is 1. The van der Waals surface area contributed by atoms with Crippen LogP contribution in [0.15, 0.2) is 15.9 Å². The van der Waals surface area contributed by atoms with Gasteiger partial charge < -0.3 is 5.73 Å². The molecule has 4 heteroatoms. The molecule has 1 rings (SSSR count). The van der Waals surface area contributed by atoms with Gasteiger partial charge in [0, 0.05) is 26.8 Å². The Morgan fingerprint density at radius 2 is 1.88 bits per heavy atom. The summed E-state index contributed by atoms with van der Waals surface area (Å²) in [5.74, 6) is 0.629. The second-order valence-electron chi connectivity index (χ2n) is 5.12. The molecule has 0 aliphatic rings. The van der Waals surface area contributed by atoms with Gasteiger partial charge in [-0.3, -0.25) is 4.90 Å². The Kier molecular flexibility index (Phi) is 5.64. The average molecular weight is 319 g/mol. The van der Waals surface area contributed by atoms with Crippen LogP contribution in [-0.4, -0.2) is 24.0 Å². The van der Waals surface area contributed by atoms with Gasteiger partial charge in [0.25, 0.3) is 0 Å². The van der Waals surface area contributed by atoms with Crippen LogP contribution in [-0.2, 0) is 0 Å². The summed E-state index contributed by atoms with van der Waals surface area (Å²) in [7, 11) is 2.17. The topological polar surface area (TPSA) is 29.3 Å². The molecule has 98 valence electrons. The Hall–Kier alpha value is 0.1000. The minimum absolute atomic E-state index is 0.131. The zero-order valence-corrected chi connectivity index (χ0v) is 13.7. The van der Waals surface area contributed by atoms with Crippen LogP contribution in [0.1, 0.15) is 38.6 Å². The molecule has 2 nitrogen and oxygen atoms in total. The summed E-state index contributed by atoms with van der Waals surface area (Å²) in [6.07, 6.45) is 0. The van der Waals surface area contributed by atoms with Crippen LogP contribution in [0.4, 0.5) is 0 Å². The van der Waals surface area contributed by atoms with E-state index in [1.807, 2.05) is 0 Å². The molecule has 2 N–H and O–H groups in total. The molecule has 0 bridgehead atoms. The van der Waals surface area contributed by atoms with E-state index in [1.165, 1.54) is 4.88 Å². The molecule has 0 amide bonds. The Morgan fingerprint density at radius 3 is 2.24 bits per heavy atom. The molecule has 0 saturated carbocycles. The molecular weight excluding hydrogens is 296 g/mol. The standard InChI is InChI=1S/C13H23BrN2S/c1-8(2)10(4)16(5)13(9(3)15)12-6-11(14)7-17-12/h6-10,13H,15H2,1-5H3. The summed E-state index contributed by atoms with van der Waals surface area (Å²) in [6.45, 7) is 8.86. The van der Waals surface area contributed by atoms with E-state index in [2.05, 4.69) is 67.0 Å². The van der Waals surface area contributed by atoms with E-state index in [1.54, 1.807) is 11.3 Å². The van der Waals surface area contributed by atoms with Gasteiger partial charge in [-0.15, -0.1) is 11.3 Å². The Bertz CT molecular complexity index is 349. The normalized spacial score (nSPS) is 17.5. The zero-order chi connectivity index (χ0) is 13.2. The van der Waals surface area contributed by atoms with Gasteiger partial charge in [-0.25, -0.2) is 0 Å². The highest BCUT2D eigenvalue weighted by Crippen LogP contribution is 2.32. The van der Waals surface area contributed by atoms with Gasteiger partial charge >= 0.3 is 0 Å². The predicted molar refractivity (Wildman–Crippen MR) is 80.5 cm³/mol. The van der Waals surface area contributed by atoms with Crippen LogP contribution < -0.4 is 5.73 Å². The maximum absolute atomic E-state index is 6.17. The summed E-state index contributed by atoms with van der Waals surface area (Å²) in [5.41, 5.74) is 6.17. The minimum atomic E-state index is 0.131. The van der Waals surface area contributed by atoms with Gasteiger partial charge in [0.1, 0.15) is 0 Å². The van der Waals surface area contributed by atoms with Crippen LogP contribution in [0.2, 0.25) is 0 Å². The molecule has 3 atom stereocenters. The quantitative estimate of drug-likeness (QED) is 0.892. The fourth-order valence-electron chi connectivity index (χ4n) is 2.04. The maximum atomic E-state index is 6.17. The van der Waals surface area contributed by atoms with Crippen LogP contribution >= 0.6 is 27.3 Å². The third-order valence-corrected chi connectivity index (χ3v) is 5.19.